The lowest BCUT2D eigenvalue weighted by Crippen LogP contribution is -2.13. The van der Waals surface area contributed by atoms with Gasteiger partial charge in [0.1, 0.15) is 11.5 Å². The molecular weight excluding hydrogens is 216 g/mol. The average Bonchev–Trinajstić information content (AvgIpc) is 2.29. The molecule has 0 fully saturated rings. The van der Waals surface area contributed by atoms with E-state index in [2.05, 4.69) is 36.1 Å². The molecule has 0 unspecified atom stereocenters. The minimum atomic E-state index is 0.453. The molecule has 0 aromatic carbocycles. The van der Waals surface area contributed by atoms with Crippen molar-refractivity contribution in [3.63, 3.8) is 0 Å². The summed E-state index contributed by atoms with van der Waals surface area (Å²) in [6.45, 7) is 7.19. The maximum Gasteiger partial charge on any atom is 0.242 e. The summed E-state index contributed by atoms with van der Waals surface area (Å²) in [5, 5.41) is 3.23. The molecule has 1 aromatic rings. The van der Waals surface area contributed by atoms with Crippen LogP contribution in [0.5, 0.6) is 5.88 Å². The number of aromatic nitrogens is 2. The molecular formula is C12H22N4O. The van der Waals surface area contributed by atoms with Crippen molar-refractivity contribution in [2.45, 2.75) is 33.6 Å². The van der Waals surface area contributed by atoms with Crippen molar-refractivity contribution >= 4 is 11.5 Å². The average molecular weight is 238 g/mol. The van der Waals surface area contributed by atoms with Crippen LogP contribution in [0, 0.1) is 5.92 Å². The Bertz CT molecular complexity index is 366. The molecule has 96 valence electrons. The van der Waals surface area contributed by atoms with Crippen LogP contribution in [-0.2, 0) is 6.42 Å². The second-order valence-electron chi connectivity index (χ2n) is 4.44. The Morgan fingerprint density at radius 3 is 2.59 bits per heavy atom. The molecule has 0 bridgehead atoms. The molecule has 1 heterocycles. The fourth-order valence-electron chi connectivity index (χ4n) is 1.42. The van der Waals surface area contributed by atoms with E-state index >= 15 is 0 Å². The number of hydrogen-bond acceptors (Lipinski definition) is 5. The summed E-state index contributed by atoms with van der Waals surface area (Å²) < 4.78 is 5.16. The number of aryl methyl sites for hydroxylation is 1. The molecule has 5 heteroatoms. The van der Waals surface area contributed by atoms with Gasteiger partial charge in [-0.15, -0.1) is 0 Å². The highest BCUT2D eigenvalue weighted by atomic mass is 16.5. The van der Waals surface area contributed by atoms with Crippen molar-refractivity contribution in [3.8, 4) is 5.88 Å². The van der Waals surface area contributed by atoms with Gasteiger partial charge in [0.15, 0.2) is 5.82 Å². The summed E-state index contributed by atoms with van der Waals surface area (Å²) in [5.74, 6) is 2.43. The van der Waals surface area contributed by atoms with Gasteiger partial charge in [0.25, 0.3) is 0 Å². The molecule has 0 radical (unpaired) electrons. The molecule has 17 heavy (non-hydrogen) atoms. The molecule has 0 aliphatic heterocycles. The van der Waals surface area contributed by atoms with E-state index in [1.807, 2.05) is 0 Å². The first kappa shape index (κ1) is 13.5. The van der Waals surface area contributed by atoms with Crippen LogP contribution >= 0.6 is 0 Å². The van der Waals surface area contributed by atoms with Crippen molar-refractivity contribution in [3.05, 3.63) is 5.82 Å². The zero-order valence-corrected chi connectivity index (χ0v) is 11.1. The summed E-state index contributed by atoms with van der Waals surface area (Å²) in [6, 6.07) is 0. The van der Waals surface area contributed by atoms with Crippen molar-refractivity contribution in [1.82, 2.24) is 9.97 Å². The summed E-state index contributed by atoms with van der Waals surface area (Å²) in [5.41, 5.74) is 6.41. The zero-order chi connectivity index (χ0) is 12.8. The monoisotopic (exact) mass is 238 g/mol. The van der Waals surface area contributed by atoms with Crippen LogP contribution in [-0.4, -0.2) is 23.6 Å². The molecule has 0 atom stereocenters. The van der Waals surface area contributed by atoms with Gasteiger partial charge in [0, 0.05) is 13.0 Å². The van der Waals surface area contributed by atoms with Gasteiger partial charge in [-0.05, 0) is 12.3 Å². The largest absolute Gasteiger partial charge is 0.479 e. The SMILES string of the molecule is CCCc1nc(NCC(C)C)c(N)c(OC)n1. The van der Waals surface area contributed by atoms with Gasteiger partial charge in [-0.2, -0.15) is 4.98 Å². The van der Waals surface area contributed by atoms with Crippen LogP contribution in [0.25, 0.3) is 0 Å². The van der Waals surface area contributed by atoms with Crippen LogP contribution in [0.4, 0.5) is 11.5 Å². The predicted octanol–water partition coefficient (Wildman–Crippen LogP) is 2.09. The second-order valence-corrected chi connectivity index (χ2v) is 4.44. The van der Waals surface area contributed by atoms with Crippen molar-refractivity contribution in [2.24, 2.45) is 5.92 Å². The van der Waals surface area contributed by atoms with E-state index in [9.17, 15) is 0 Å². The minimum Gasteiger partial charge on any atom is -0.479 e. The van der Waals surface area contributed by atoms with Gasteiger partial charge in [-0.25, -0.2) is 4.98 Å². The highest BCUT2D eigenvalue weighted by Gasteiger charge is 2.11. The molecule has 0 aliphatic carbocycles. The number of hydrogen-bond donors (Lipinski definition) is 2. The maximum atomic E-state index is 5.93. The zero-order valence-electron chi connectivity index (χ0n) is 11.1. The highest BCUT2D eigenvalue weighted by Crippen LogP contribution is 2.26. The highest BCUT2D eigenvalue weighted by molar-refractivity contribution is 5.66. The number of nitrogens with two attached hydrogens (primary N) is 1. The molecule has 1 rings (SSSR count). The van der Waals surface area contributed by atoms with Gasteiger partial charge in [-0.3, -0.25) is 0 Å². The Morgan fingerprint density at radius 2 is 2.06 bits per heavy atom. The van der Waals surface area contributed by atoms with E-state index in [-0.39, 0.29) is 0 Å². The summed E-state index contributed by atoms with van der Waals surface area (Å²) in [7, 11) is 1.57. The number of anilines is 2. The Labute approximate surface area is 103 Å². The van der Waals surface area contributed by atoms with E-state index < -0.39 is 0 Å². The van der Waals surface area contributed by atoms with E-state index in [1.54, 1.807) is 7.11 Å². The standard InChI is InChI=1S/C12H22N4O/c1-5-6-9-15-11(14-7-8(2)3)10(13)12(16-9)17-4/h8H,5-7,13H2,1-4H3,(H,14,15,16). The normalized spacial score (nSPS) is 10.6. The molecule has 5 nitrogen and oxygen atoms in total. The van der Waals surface area contributed by atoms with Gasteiger partial charge in [0.2, 0.25) is 5.88 Å². The first-order valence-electron chi connectivity index (χ1n) is 6.02. The second kappa shape index (κ2) is 6.27. The number of ether oxygens (including phenoxy) is 1. The van der Waals surface area contributed by atoms with Crippen molar-refractivity contribution in [2.75, 3.05) is 24.7 Å². The van der Waals surface area contributed by atoms with E-state index in [0.29, 0.717) is 23.3 Å². The molecule has 0 amide bonds. The lowest BCUT2D eigenvalue weighted by Gasteiger charge is -2.13. The van der Waals surface area contributed by atoms with Crippen LogP contribution < -0.4 is 15.8 Å². The Kier molecular flexibility index (Phi) is 5.00. The lowest BCUT2D eigenvalue weighted by molar-refractivity contribution is 0.397. The fraction of sp³-hybridized carbons (Fsp3) is 0.667. The number of rotatable bonds is 6. The maximum absolute atomic E-state index is 5.93. The van der Waals surface area contributed by atoms with Gasteiger partial charge < -0.3 is 15.8 Å². The van der Waals surface area contributed by atoms with Crippen LogP contribution in [0.15, 0.2) is 0 Å². The van der Waals surface area contributed by atoms with Gasteiger partial charge in [0.05, 0.1) is 7.11 Å². The van der Waals surface area contributed by atoms with Crippen LogP contribution in [0.1, 0.15) is 33.0 Å². The molecule has 3 N–H and O–H groups in total. The smallest absolute Gasteiger partial charge is 0.242 e. The summed E-state index contributed by atoms with van der Waals surface area (Å²) >= 11 is 0. The third kappa shape index (κ3) is 3.76. The van der Waals surface area contributed by atoms with E-state index in [0.717, 1.165) is 25.2 Å². The van der Waals surface area contributed by atoms with Crippen LogP contribution in [0.3, 0.4) is 0 Å². The van der Waals surface area contributed by atoms with Crippen molar-refractivity contribution in [1.29, 1.82) is 0 Å². The predicted molar refractivity (Wildman–Crippen MR) is 70.3 cm³/mol. The molecule has 1 aromatic heterocycles. The van der Waals surface area contributed by atoms with E-state index in [1.165, 1.54) is 0 Å². The van der Waals surface area contributed by atoms with Crippen LogP contribution in [0.2, 0.25) is 0 Å². The molecule has 0 saturated carbocycles. The number of nitrogen functional groups attached to an aromatic ring is 1. The minimum absolute atomic E-state index is 0.453. The van der Waals surface area contributed by atoms with Gasteiger partial charge in [-0.1, -0.05) is 20.8 Å². The number of nitrogens with zero attached hydrogens (tertiary/aromatic N) is 2. The lowest BCUT2D eigenvalue weighted by atomic mass is 10.2. The molecule has 0 spiro atoms. The summed E-state index contributed by atoms with van der Waals surface area (Å²) in [4.78, 5) is 8.69. The fourth-order valence-corrected chi connectivity index (χ4v) is 1.42. The Hall–Kier alpha value is -1.52. The van der Waals surface area contributed by atoms with Gasteiger partial charge >= 0.3 is 0 Å². The Morgan fingerprint density at radius 1 is 1.35 bits per heavy atom. The topological polar surface area (TPSA) is 73.1 Å². The number of nitrogens with one attached hydrogen (secondary N) is 1. The first-order chi connectivity index (χ1) is 8.08. The Balaban J connectivity index is 2.96. The van der Waals surface area contributed by atoms with E-state index in [4.69, 9.17) is 10.5 Å². The molecule has 0 aliphatic rings. The van der Waals surface area contributed by atoms with Crippen molar-refractivity contribution < 1.29 is 4.74 Å². The quantitative estimate of drug-likeness (QED) is 0.794. The third-order valence-electron chi connectivity index (χ3n) is 2.30. The molecule has 0 saturated heterocycles. The number of methoxy groups -OCH3 is 1. The first-order valence-corrected chi connectivity index (χ1v) is 6.02. The third-order valence-corrected chi connectivity index (χ3v) is 2.30. The summed E-state index contributed by atoms with van der Waals surface area (Å²) in [6.07, 6.45) is 1.82.